The molecule has 0 spiro atoms. The van der Waals surface area contributed by atoms with Gasteiger partial charge < -0.3 is 14.0 Å². The molecule has 5 nitrogen and oxygen atoms in total. The van der Waals surface area contributed by atoms with Crippen molar-refractivity contribution in [3.8, 4) is 11.5 Å². The van der Waals surface area contributed by atoms with Gasteiger partial charge in [0.25, 0.3) is 5.91 Å². The van der Waals surface area contributed by atoms with Crippen molar-refractivity contribution in [2.24, 2.45) is 4.99 Å². The molecule has 0 aliphatic rings. The van der Waals surface area contributed by atoms with Gasteiger partial charge in [0, 0.05) is 24.4 Å². The number of methoxy groups -OCH3 is 2. The fraction of sp³-hybridized carbons (Fsp3) is 0.231. The minimum Gasteiger partial charge on any atom is -0.493 e. The number of aromatic nitrogens is 1. The average molecular weight is 479 g/mol. The van der Waals surface area contributed by atoms with Crippen molar-refractivity contribution in [3.05, 3.63) is 88.7 Å². The Balaban J connectivity index is 1.87. The minimum atomic E-state index is -0.462. The fourth-order valence-corrected chi connectivity index (χ4v) is 5.24. The summed E-state index contributed by atoms with van der Waals surface area (Å²) in [5, 5.41) is 0. The number of carbonyl (C=O) groups excluding carboxylic acids is 1. The Morgan fingerprint density at radius 1 is 0.970 bits per heavy atom. The largest absolute Gasteiger partial charge is 0.493 e. The molecule has 0 aliphatic carbocycles. The van der Waals surface area contributed by atoms with E-state index in [-0.39, 0.29) is 5.91 Å². The highest BCUT2D eigenvalue weighted by Crippen LogP contribution is 2.33. The van der Waals surface area contributed by atoms with Crippen LogP contribution in [0.1, 0.15) is 17.0 Å². The second-order valence-corrected chi connectivity index (χ2v) is 9.40. The van der Waals surface area contributed by atoms with Crippen LogP contribution in [0.4, 0.5) is 0 Å². The van der Waals surface area contributed by atoms with Gasteiger partial charge in [0.1, 0.15) is 0 Å². The molecule has 0 atom stereocenters. The van der Waals surface area contributed by atoms with Crippen LogP contribution < -0.4 is 14.3 Å². The van der Waals surface area contributed by atoms with E-state index in [2.05, 4.69) is 15.8 Å². The summed E-state index contributed by atoms with van der Waals surface area (Å²) in [5.41, 5.74) is 2.84. The summed E-state index contributed by atoms with van der Waals surface area (Å²) >= 11 is 3.24. The van der Waals surface area contributed by atoms with E-state index in [0.29, 0.717) is 16.3 Å². The average Bonchev–Trinajstić information content (AvgIpc) is 3.18. The van der Waals surface area contributed by atoms with Gasteiger partial charge in [-0.1, -0.05) is 72.0 Å². The second-order valence-electron chi connectivity index (χ2n) is 7.41. The van der Waals surface area contributed by atoms with Crippen LogP contribution in [0.2, 0.25) is 0 Å². The van der Waals surface area contributed by atoms with Gasteiger partial charge in [-0.05, 0) is 17.4 Å². The number of amides is 1. The molecule has 1 heterocycles. The lowest BCUT2D eigenvalue weighted by Crippen LogP contribution is -2.21. The molecule has 1 aromatic heterocycles. The van der Waals surface area contributed by atoms with Crippen molar-refractivity contribution in [1.82, 2.24) is 4.57 Å². The molecule has 0 aliphatic heterocycles. The number of hydrogen-bond acceptors (Lipinski definition) is 5. The Kier molecular flexibility index (Phi) is 7.52. The summed E-state index contributed by atoms with van der Waals surface area (Å²) < 4.78 is 14.1. The Bertz CT molecular complexity index is 1260. The maximum absolute atomic E-state index is 13.6. The zero-order valence-corrected chi connectivity index (χ0v) is 20.5. The van der Waals surface area contributed by atoms with Crippen LogP contribution in [-0.4, -0.2) is 36.7 Å². The van der Waals surface area contributed by atoms with E-state index < -0.39 is 5.92 Å². The summed E-state index contributed by atoms with van der Waals surface area (Å²) in [6, 6.07) is 23.5. The summed E-state index contributed by atoms with van der Waals surface area (Å²) in [5.74, 6) is 1.58. The van der Waals surface area contributed by atoms with E-state index in [0.717, 1.165) is 33.6 Å². The summed E-state index contributed by atoms with van der Waals surface area (Å²) in [7, 11) is 3.25. The predicted molar refractivity (Wildman–Crippen MR) is 137 cm³/mol. The molecule has 170 valence electrons. The number of thiazole rings is 1. The molecule has 0 fully saturated rings. The van der Waals surface area contributed by atoms with Crippen molar-refractivity contribution >= 4 is 39.2 Å². The number of ether oxygens (including phenoxy) is 2. The standard InChI is InChI=1S/C26H26N2O3S2/c1-30-21-16-20-23(17-22(21)31-2)33-26(28(20)14-15-32-3)27-25(29)24(18-10-6-4-7-11-18)19-12-8-5-9-13-19/h4-13,16-17,24H,14-15H2,1-3H3. The van der Waals surface area contributed by atoms with E-state index in [1.165, 1.54) is 11.3 Å². The second kappa shape index (κ2) is 10.7. The van der Waals surface area contributed by atoms with Gasteiger partial charge in [0.05, 0.1) is 30.4 Å². The summed E-state index contributed by atoms with van der Waals surface area (Å²) in [6.45, 7) is 0.740. The van der Waals surface area contributed by atoms with Crippen molar-refractivity contribution in [1.29, 1.82) is 0 Å². The normalized spacial score (nSPS) is 11.8. The van der Waals surface area contributed by atoms with Crippen LogP contribution in [0.25, 0.3) is 10.2 Å². The summed E-state index contributed by atoms with van der Waals surface area (Å²) in [4.78, 5) is 19.0. The van der Waals surface area contributed by atoms with Gasteiger partial charge in [-0.15, -0.1) is 0 Å². The van der Waals surface area contributed by atoms with Crippen molar-refractivity contribution in [2.75, 3.05) is 26.2 Å². The number of benzene rings is 3. The third-order valence-electron chi connectivity index (χ3n) is 5.43. The number of hydrogen-bond donors (Lipinski definition) is 0. The van der Waals surface area contributed by atoms with Gasteiger partial charge in [-0.3, -0.25) is 4.79 Å². The lowest BCUT2D eigenvalue weighted by atomic mass is 9.91. The number of rotatable bonds is 8. The molecule has 0 saturated carbocycles. The highest BCUT2D eigenvalue weighted by atomic mass is 32.2. The van der Waals surface area contributed by atoms with E-state index in [4.69, 9.17) is 9.47 Å². The van der Waals surface area contributed by atoms with Crippen LogP contribution in [0, 0.1) is 0 Å². The van der Waals surface area contributed by atoms with Gasteiger partial charge in [-0.25, -0.2) is 0 Å². The molecule has 33 heavy (non-hydrogen) atoms. The van der Waals surface area contributed by atoms with Crippen LogP contribution >= 0.6 is 23.1 Å². The number of carbonyl (C=O) groups is 1. The van der Waals surface area contributed by atoms with Gasteiger partial charge >= 0.3 is 0 Å². The minimum absolute atomic E-state index is 0.184. The first kappa shape index (κ1) is 23.1. The Labute approximate surface area is 201 Å². The Morgan fingerprint density at radius 3 is 2.09 bits per heavy atom. The smallest absolute Gasteiger partial charge is 0.260 e. The highest BCUT2D eigenvalue weighted by Gasteiger charge is 2.23. The van der Waals surface area contributed by atoms with Crippen LogP contribution in [0.15, 0.2) is 77.8 Å². The maximum Gasteiger partial charge on any atom is 0.260 e. The van der Waals surface area contributed by atoms with Gasteiger partial charge in [0.2, 0.25) is 0 Å². The van der Waals surface area contributed by atoms with Crippen LogP contribution in [0.3, 0.4) is 0 Å². The van der Waals surface area contributed by atoms with E-state index >= 15 is 0 Å². The zero-order chi connectivity index (χ0) is 23.2. The molecule has 4 aromatic rings. The number of nitrogens with zero attached hydrogens (tertiary/aromatic N) is 2. The molecule has 0 unspecified atom stereocenters. The number of fused-ring (bicyclic) bond motifs is 1. The quantitative estimate of drug-likeness (QED) is 0.343. The Morgan fingerprint density at radius 2 is 1.55 bits per heavy atom. The molecule has 0 saturated heterocycles. The fourth-order valence-electron chi connectivity index (χ4n) is 3.81. The summed E-state index contributed by atoms with van der Waals surface area (Å²) in [6.07, 6.45) is 2.07. The van der Waals surface area contributed by atoms with Crippen LogP contribution in [0.5, 0.6) is 11.5 Å². The third-order valence-corrected chi connectivity index (χ3v) is 7.06. The topological polar surface area (TPSA) is 52.8 Å². The monoisotopic (exact) mass is 478 g/mol. The van der Waals surface area contributed by atoms with Crippen molar-refractivity contribution < 1.29 is 14.3 Å². The SMILES string of the molecule is COc1cc2sc(=NC(=O)C(c3ccccc3)c3ccccc3)n(CCSC)c2cc1OC. The van der Waals surface area contributed by atoms with Crippen molar-refractivity contribution in [2.45, 2.75) is 12.5 Å². The molecule has 1 amide bonds. The van der Waals surface area contributed by atoms with Gasteiger partial charge in [0.15, 0.2) is 16.3 Å². The lowest BCUT2D eigenvalue weighted by Gasteiger charge is -2.14. The van der Waals surface area contributed by atoms with Crippen LogP contribution in [-0.2, 0) is 11.3 Å². The molecule has 7 heteroatoms. The molecule has 0 radical (unpaired) electrons. The molecule has 3 aromatic carbocycles. The van der Waals surface area contributed by atoms with Crippen molar-refractivity contribution in [3.63, 3.8) is 0 Å². The molecule has 0 N–H and O–H groups in total. The zero-order valence-electron chi connectivity index (χ0n) is 18.9. The lowest BCUT2D eigenvalue weighted by molar-refractivity contribution is -0.118. The molecule has 0 bridgehead atoms. The number of thioether (sulfide) groups is 1. The van der Waals surface area contributed by atoms with Gasteiger partial charge in [-0.2, -0.15) is 16.8 Å². The molecular formula is C26H26N2O3S2. The van der Waals surface area contributed by atoms with E-state index in [9.17, 15) is 4.79 Å². The van der Waals surface area contributed by atoms with E-state index in [1.807, 2.05) is 72.8 Å². The van der Waals surface area contributed by atoms with E-state index in [1.54, 1.807) is 26.0 Å². The predicted octanol–water partition coefficient (Wildman–Crippen LogP) is 5.34. The Hall–Kier alpha value is -3.03. The first-order valence-electron chi connectivity index (χ1n) is 10.6. The first-order chi connectivity index (χ1) is 16.2. The molecule has 4 rings (SSSR count). The number of aryl methyl sites for hydroxylation is 1. The first-order valence-corrected chi connectivity index (χ1v) is 12.8. The highest BCUT2D eigenvalue weighted by molar-refractivity contribution is 7.98. The third kappa shape index (κ3) is 4.99. The molecular weight excluding hydrogens is 452 g/mol. The maximum atomic E-state index is 13.6.